The van der Waals surface area contributed by atoms with Crippen LogP contribution in [0.2, 0.25) is 0 Å². The van der Waals surface area contributed by atoms with Crippen molar-refractivity contribution < 1.29 is 266 Å². The first-order valence-corrected chi connectivity index (χ1v) is 21.1. The van der Waals surface area contributed by atoms with Crippen LogP contribution in [0.25, 0.3) is 0 Å². The summed E-state index contributed by atoms with van der Waals surface area (Å²) < 4.78 is 269. The molecule has 0 bridgehead atoms. The van der Waals surface area contributed by atoms with Crippen LogP contribution in [0.4, 0.5) is 92.2 Å². The van der Waals surface area contributed by atoms with Gasteiger partial charge in [0.05, 0.1) is 17.9 Å². The molecule has 15 nitrogen and oxygen atoms in total. The van der Waals surface area contributed by atoms with Gasteiger partial charge in [0.25, 0.3) is 0 Å². The summed E-state index contributed by atoms with van der Waals surface area (Å²) >= 11 is 0. The van der Waals surface area contributed by atoms with Gasteiger partial charge >= 0.3 is 153 Å². The predicted molar refractivity (Wildman–Crippen MR) is 197 cm³/mol. The molecule has 0 spiro atoms. The average molecular weight is 1490 g/mol. The standard InChI is InChI=1S/3C14H15F7O5.2Eu/c3*1-10(2)6(8(23)24)3-4-11(10,9(25)26)5-7(22)12(15,16)13(17,18)14(19,20)21;;/h3*5-6,22H,3-4H2,1-2H3,(H,23,24)(H,25,26);;/q;;;2*+3/p-6. The van der Waals surface area contributed by atoms with Crippen LogP contribution in [0.3, 0.4) is 0 Å². The van der Waals surface area contributed by atoms with Crippen LogP contribution in [0.5, 0.6) is 0 Å². The average Bonchev–Trinajstić information content (AvgIpc) is 3.78. The SMILES string of the molecule is CC1(C)C(C(=O)[O-])CCC1(C=C(O)C(F)(F)C(F)(F)C(F)(F)F)C(=O)[O-].CC1(C)C(C(=O)[O-])CCC1(C=C(O)C(F)(F)C(F)(F)C(F)(F)F)C(=O)[O-].CC1(C)C(C(=O)[O-])CCC1(C=C(O)C(F)(F)C(F)(F)C(F)(F)F)C(=O)[O-].[Eu+3].[Eu+3]. The van der Waals surface area contributed by atoms with Gasteiger partial charge in [-0.3, -0.25) is 0 Å². The van der Waals surface area contributed by atoms with Crippen LogP contribution in [0.1, 0.15) is 80.1 Å². The van der Waals surface area contributed by atoms with Crippen molar-refractivity contribution in [3.8, 4) is 0 Å². The molecule has 0 aromatic carbocycles. The van der Waals surface area contributed by atoms with Crippen molar-refractivity contribution >= 4 is 35.8 Å². The molecule has 80 heavy (non-hydrogen) atoms. The number of hydrogen-bond acceptors (Lipinski definition) is 15. The molecule has 3 aliphatic carbocycles. The van der Waals surface area contributed by atoms with E-state index >= 15 is 0 Å². The topological polar surface area (TPSA) is 301 Å². The van der Waals surface area contributed by atoms with Gasteiger partial charge in [-0.15, -0.1) is 0 Å². The zero-order chi connectivity index (χ0) is 62.8. The van der Waals surface area contributed by atoms with Crippen molar-refractivity contribution in [1.82, 2.24) is 0 Å². The monoisotopic (exact) mass is 1490 g/mol. The number of carbonyl (C=O) groups is 6. The molecule has 3 fully saturated rings. The van der Waals surface area contributed by atoms with Crippen molar-refractivity contribution in [3.63, 3.8) is 0 Å². The zero-order valence-corrected chi connectivity index (χ0v) is 45.5. The van der Waals surface area contributed by atoms with Crippen molar-refractivity contribution in [3.05, 3.63) is 35.5 Å². The molecule has 458 valence electrons. The number of hydrogen-bond donors (Lipinski definition) is 3. The van der Waals surface area contributed by atoms with Gasteiger partial charge in [0, 0.05) is 51.9 Å². The molecule has 0 aromatic heterocycles. The number of aliphatic carboxylic acids is 6. The minimum atomic E-state index is -6.74. The van der Waals surface area contributed by atoms with E-state index in [2.05, 4.69) is 0 Å². The Morgan fingerprint density at radius 2 is 0.512 bits per heavy atom. The Hall–Kier alpha value is -2.86. The first-order chi connectivity index (χ1) is 34.1. The van der Waals surface area contributed by atoms with Crippen molar-refractivity contribution in [2.75, 3.05) is 0 Å². The Kier molecular flexibility index (Phi) is 24.4. The molecule has 0 amide bonds. The molecule has 3 N–H and O–H groups in total. The summed E-state index contributed by atoms with van der Waals surface area (Å²) in [6.07, 6.45) is -25.1. The Bertz CT molecular complexity index is 2190. The third-order valence-electron chi connectivity index (χ3n) is 14.9. The van der Waals surface area contributed by atoms with E-state index in [1.807, 2.05) is 0 Å². The number of aliphatic hydroxyl groups excluding tert-OH is 3. The smallest absolute Gasteiger partial charge is 0.550 e. The summed E-state index contributed by atoms with van der Waals surface area (Å²) in [5.74, 6) is -63.9. The van der Waals surface area contributed by atoms with E-state index in [1.54, 1.807) is 0 Å². The molecular formula is C42H39Eu2F21O15. The third kappa shape index (κ3) is 13.2. The van der Waals surface area contributed by atoms with Gasteiger partial charge in [0.1, 0.15) is 0 Å². The van der Waals surface area contributed by atoms with Gasteiger partial charge in [-0.1, -0.05) is 41.5 Å². The Labute approximate surface area is 516 Å². The summed E-state index contributed by atoms with van der Waals surface area (Å²) in [5, 5.41) is 95.5. The van der Waals surface area contributed by atoms with E-state index in [9.17, 15) is 167 Å². The van der Waals surface area contributed by atoms with Gasteiger partial charge in [-0.2, -0.15) is 92.2 Å². The van der Waals surface area contributed by atoms with Crippen LogP contribution < -0.4 is 30.6 Å². The number of aliphatic hydroxyl groups is 3. The van der Waals surface area contributed by atoms with Crippen LogP contribution in [0.15, 0.2) is 35.5 Å². The number of carboxylic acids is 6. The fraction of sp³-hybridized carbons (Fsp3) is 0.714. The fourth-order valence-corrected chi connectivity index (χ4v) is 9.37. The van der Waals surface area contributed by atoms with E-state index in [4.69, 9.17) is 0 Å². The molecule has 0 heterocycles. The molecule has 0 saturated heterocycles. The third-order valence-corrected chi connectivity index (χ3v) is 14.9. The van der Waals surface area contributed by atoms with Crippen molar-refractivity contribution in [1.29, 1.82) is 0 Å². The molecule has 0 radical (unpaired) electrons. The van der Waals surface area contributed by atoms with Gasteiger partial charge in [0.15, 0.2) is 17.3 Å². The minimum absolute atomic E-state index is 0. The molecule has 6 unspecified atom stereocenters. The van der Waals surface area contributed by atoms with Crippen molar-refractivity contribution in [2.45, 2.75) is 134 Å². The van der Waals surface area contributed by atoms with Gasteiger partial charge in [0.2, 0.25) is 0 Å². The van der Waals surface area contributed by atoms with Gasteiger partial charge in [-0.25, -0.2) is 0 Å². The Balaban J connectivity index is 0. The molecule has 3 saturated carbocycles. The van der Waals surface area contributed by atoms with Gasteiger partial charge in [-0.05, 0) is 73.0 Å². The number of halogens is 21. The molecule has 3 rings (SSSR count). The van der Waals surface area contributed by atoms with Crippen molar-refractivity contribution in [2.24, 2.45) is 50.2 Å². The summed E-state index contributed by atoms with van der Waals surface area (Å²) in [4.78, 5) is 67.7. The Morgan fingerprint density at radius 1 is 0.362 bits per heavy atom. The quantitative estimate of drug-likeness (QED) is 0.156. The molecule has 6 atom stereocenters. The molecule has 38 heteroatoms. The number of rotatable bonds is 15. The first kappa shape index (κ1) is 79.2. The largest absolute Gasteiger partial charge is 3.00 e. The zero-order valence-electron chi connectivity index (χ0n) is 40.6. The number of alkyl halides is 21. The maximum atomic E-state index is 13.6. The van der Waals surface area contributed by atoms with Crippen LogP contribution in [-0.4, -0.2) is 105 Å². The summed E-state index contributed by atoms with van der Waals surface area (Å²) in [7, 11) is 0. The van der Waals surface area contributed by atoms with E-state index in [0.717, 1.165) is 41.5 Å². The normalized spacial score (nSPS) is 26.7. The summed E-state index contributed by atoms with van der Waals surface area (Å²) in [6.45, 7) is 5.67. The summed E-state index contributed by atoms with van der Waals surface area (Å²) in [5.41, 5.74) is -14.2. The van der Waals surface area contributed by atoms with Crippen LogP contribution >= 0.6 is 0 Å². The molecule has 3 aliphatic rings. The van der Waals surface area contributed by atoms with Gasteiger partial charge < -0.3 is 74.7 Å². The van der Waals surface area contributed by atoms with Crippen LogP contribution in [0, 0.1) is 149 Å². The minimum Gasteiger partial charge on any atom is -0.550 e. The molecular weight excluding hydrogens is 1450 g/mol. The maximum absolute atomic E-state index is 13.6. The van der Waals surface area contributed by atoms with Crippen LogP contribution in [-0.2, 0) is 28.8 Å². The number of allylic oxidation sites excluding steroid dienone is 3. The predicted octanol–water partition coefficient (Wildman–Crippen LogP) is 3.55. The Morgan fingerprint density at radius 3 is 0.613 bits per heavy atom. The second-order valence-electron chi connectivity index (χ2n) is 19.7. The molecule has 0 aromatic rings. The fourth-order valence-electron chi connectivity index (χ4n) is 9.37. The van der Waals surface area contributed by atoms with E-state index in [1.165, 1.54) is 0 Å². The maximum Gasteiger partial charge on any atom is 3.00 e. The van der Waals surface area contributed by atoms with E-state index in [-0.39, 0.29) is 117 Å². The number of carbonyl (C=O) groups excluding carboxylic acids is 6. The second-order valence-corrected chi connectivity index (χ2v) is 19.7. The summed E-state index contributed by atoms with van der Waals surface area (Å²) in [6, 6.07) is 0. The van der Waals surface area contributed by atoms with E-state index in [0.29, 0.717) is 0 Å². The second kappa shape index (κ2) is 24.6. The number of carboxylic acid groups (broad SMARTS) is 6. The van der Waals surface area contributed by atoms with E-state index < -0.39 is 196 Å². The molecule has 0 aliphatic heterocycles. The first-order valence-electron chi connectivity index (χ1n) is 21.1.